The van der Waals surface area contributed by atoms with Crippen molar-refractivity contribution in [1.82, 2.24) is 4.98 Å². The van der Waals surface area contributed by atoms with Crippen molar-refractivity contribution in [3.8, 4) is 11.8 Å². The van der Waals surface area contributed by atoms with E-state index < -0.39 is 0 Å². The SMILES string of the molecule is CC1CCCC(C#Cc2c(S)ccnc2N)CCCC1C. The number of nitrogen functional groups attached to an aromatic ring is 1. The molecular formula is C18H26N2S. The second-order valence-corrected chi connectivity index (χ2v) is 6.85. The minimum atomic E-state index is 0.481. The maximum absolute atomic E-state index is 5.89. The van der Waals surface area contributed by atoms with E-state index in [9.17, 15) is 0 Å². The summed E-state index contributed by atoms with van der Waals surface area (Å²) >= 11 is 4.42. The largest absolute Gasteiger partial charge is 0.383 e. The molecule has 2 atom stereocenters. The predicted molar refractivity (Wildman–Crippen MR) is 92.3 cm³/mol. The second-order valence-electron chi connectivity index (χ2n) is 6.37. The molecule has 1 heterocycles. The molecule has 0 aliphatic heterocycles. The molecule has 1 saturated carbocycles. The number of hydrogen-bond donors (Lipinski definition) is 2. The van der Waals surface area contributed by atoms with Gasteiger partial charge in [-0.1, -0.05) is 51.4 Å². The summed E-state index contributed by atoms with van der Waals surface area (Å²) < 4.78 is 0. The second kappa shape index (κ2) is 7.75. The minimum Gasteiger partial charge on any atom is -0.383 e. The zero-order valence-corrected chi connectivity index (χ0v) is 14.0. The standard InChI is InChI=1S/C18H26N2S/c1-13-5-3-7-15(8-4-6-14(13)2)9-10-16-17(21)11-12-20-18(16)19/h11-15H,3-8H2,1-2H3,(H3,19,20,21). The topological polar surface area (TPSA) is 38.9 Å². The Morgan fingerprint density at radius 3 is 2.33 bits per heavy atom. The molecule has 1 aromatic rings. The predicted octanol–water partition coefficient (Wildman–Crippen LogP) is 4.55. The van der Waals surface area contributed by atoms with Crippen LogP contribution in [0.5, 0.6) is 0 Å². The van der Waals surface area contributed by atoms with E-state index >= 15 is 0 Å². The first-order valence-corrected chi connectivity index (χ1v) is 8.47. The normalized spacial score (nSPS) is 26.9. The number of aromatic nitrogens is 1. The van der Waals surface area contributed by atoms with Gasteiger partial charge >= 0.3 is 0 Å². The molecule has 0 spiro atoms. The lowest BCUT2D eigenvalue weighted by Gasteiger charge is -2.17. The zero-order chi connectivity index (χ0) is 15.2. The number of hydrogen-bond acceptors (Lipinski definition) is 3. The molecular weight excluding hydrogens is 276 g/mol. The van der Waals surface area contributed by atoms with Gasteiger partial charge in [0.1, 0.15) is 5.82 Å². The summed E-state index contributed by atoms with van der Waals surface area (Å²) in [6.07, 6.45) is 9.28. The number of pyridine rings is 1. The third kappa shape index (κ3) is 4.68. The smallest absolute Gasteiger partial charge is 0.140 e. The molecule has 3 heteroatoms. The van der Waals surface area contributed by atoms with E-state index in [-0.39, 0.29) is 0 Å². The Labute approximate surface area is 134 Å². The first-order valence-electron chi connectivity index (χ1n) is 8.03. The molecule has 2 N–H and O–H groups in total. The van der Waals surface area contributed by atoms with Gasteiger partial charge in [0.25, 0.3) is 0 Å². The highest BCUT2D eigenvalue weighted by atomic mass is 32.1. The number of nitrogens with two attached hydrogens (primary N) is 1. The van der Waals surface area contributed by atoms with Gasteiger partial charge in [-0.3, -0.25) is 0 Å². The first-order chi connectivity index (χ1) is 10.1. The van der Waals surface area contributed by atoms with Crippen molar-refractivity contribution in [2.45, 2.75) is 57.3 Å². The average Bonchev–Trinajstić information content (AvgIpc) is 2.52. The van der Waals surface area contributed by atoms with Gasteiger partial charge in [-0.25, -0.2) is 4.98 Å². The third-order valence-electron chi connectivity index (χ3n) is 4.76. The molecule has 1 fully saturated rings. The van der Waals surface area contributed by atoms with Crippen molar-refractivity contribution in [2.24, 2.45) is 17.8 Å². The van der Waals surface area contributed by atoms with Crippen LogP contribution in [0.2, 0.25) is 0 Å². The molecule has 21 heavy (non-hydrogen) atoms. The Hall–Kier alpha value is -1.14. The fourth-order valence-corrected chi connectivity index (χ4v) is 3.24. The summed E-state index contributed by atoms with van der Waals surface area (Å²) in [5.74, 6) is 9.31. The molecule has 2 rings (SSSR count). The highest BCUT2D eigenvalue weighted by Gasteiger charge is 2.16. The Balaban J connectivity index is 2.07. The first kappa shape index (κ1) is 16.2. The minimum absolute atomic E-state index is 0.481. The molecule has 0 radical (unpaired) electrons. The van der Waals surface area contributed by atoms with Crippen molar-refractivity contribution in [1.29, 1.82) is 0 Å². The Morgan fingerprint density at radius 2 is 1.76 bits per heavy atom. The van der Waals surface area contributed by atoms with Crippen LogP contribution >= 0.6 is 12.6 Å². The molecule has 1 aliphatic rings. The molecule has 0 amide bonds. The van der Waals surface area contributed by atoms with Crippen LogP contribution in [0.15, 0.2) is 17.2 Å². The molecule has 2 unspecified atom stereocenters. The summed E-state index contributed by atoms with van der Waals surface area (Å²) in [4.78, 5) is 4.92. The van der Waals surface area contributed by atoms with E-state index in [1.165, 1.54) is 38.5 Å². The van der Waals surface area contributed by atoms with E-state index in [4.69, 9.17) is 5.73 Å². The maximum Gasteiger partial charge on any atom is 0.140 e. The summed E-state index contributed by atoms with van der Waals surface area (Å²) in [6, 6.07) is 1.84. The van der Waals surface area contributed by atoms with Crippen LogP contribution in [-0.2, 0) is 0 Å². The summed E-state index contributed by atoms with van der Waals surface area (Å²) in [5, 5.41) is 0. The van der Waals surface area contributed by atoms with Crippen LogP contribution in [0.1, 0.15) is 57.9 Å². The van der Waals surface area contributed by atoms with Crippen LogP contribution in [0, 0.1) is 29.6 Å². The third-order valence-corrected chi connectivity index (χ3v) is 5.13. The van der Waals surface area contributed by atoms with Gasteiger partial charge in [-0.05, 0) is 30.7 Å². The monoisotopic (exact) mass is 302 g/mol. The van der Waals surface area contributed by atoms with E-state index in [2.05, 4.69) is 43.3 Å². The summed E-state index contributed by atoms with van der Waals surface area (Å²) in [5.41, 5.74) is 6.67. The van der Waals surface area contributed by atoms with Crippen LogP contribution in [-0.4, -0.2) is 4.98 Å². The lowest BCUT2D eigenvalue weighted by Crippen LogP contribution is -2.06. The Bertz CT molecular complexity index is 496. The average molecular weight is 302 g/mol. The van der Waals surface area contributed by atoms with Crippen molar-refractivity contribution in [2.75, 3.05) is 5.73 Å². The molecule has 114 valence electrons. The van der Waals surface area contributed by atoms with Gasteiger partial charge in [-0.15, -0.1) is 12.6 Å². The summed E-state index contributed by atoms with van der Waals surface area (Å²) in [7, 11) is 0. The summed E-state index contributed by atoms with van der Waals surface area (Å²) in [6.45, 7) is 4.78. The molecule has 0 aromatic carbocycles. The lowest BCUT2D eigenvalue weighted by atomic mass is 9.89. The van der Waals surface area contributed by atoms with E-state index in [1.54, 1.807) is 6.20 Å². The van der Waals surface area contributed by atoms with Gasteiger partial charge < -0.3 is 5.73 Å². The van der Waals surface area contributed by atoms with Crippen LogP contribution in [0.3, 0.4) is 0 Å². The fraction of sp³-hybridized carbons (Fsp3) is 0.611. The van der Waals surface area contributed by atoms with Crippen molar-refractivity contribution >= 4 is 18.4 Å². The van der Waals surface area contributed by atoms with Gasteiger partial charge in [0, 0.05) is 17.0 Å². The highest BCUT2D eigenvalue weighted by Crippen LogP contribution is 2.28. The Morgan fingerprint density at radius 1 is 1.14 bits per heavy atom. The van der Waals surface area contributed by atoms with Gasteiger partial charge in [0.2, 0.25) is 0 Å². The van der Waals surface area contributed by atoms with Crippen molar-refractivity contribution in [3.05, 3.63) is 17.8 Å². The van der Waals surface area contributed by atoms with Crippen LogP contribution in [0.4, 0.5) is 5.82 Å². The van der Waals surface area contributed by atoms with E-state index in [1.807, 2.05) is 6.07 Å². The van der Waals surface area contributed by atoms with Gasteiger partial charge in [0.15, 0.2) is 0 Å². The van der Waals surface area contributed by atoms with E-state index in [0.29, 0.717) is 11.7 Å². The van der Waals surface area contributed by atoms with Gasteiger partial charge in [0.05, 0.1) is 5.56 Å². The van der Waals surface area contributed by atoms with E-state index in [0.717, 1.165) is 22.3 Å². The highest BCUT2D eigenvalue weighted by molar-refractivity contribution is 7.80. The number of nitrogens with zero attached hydrogens (tertiary/aromatic N) is 1. The number of anilines is 1. The Kier molecular flexibility index (Phi) is 5.99. The van der Waals surface area contributed by atoms with Crippen LogP contribution in [0.25, 0.3) is 0 Å². The van der Waals surface area contributed by atoms with Gasteiger partial charge in [-0.2, -0.15) is 0 Å². The van der Waals surface area contributed by atoms with Crippen LogP contribution < -0.4 is 5.73 Å². The van der Waals surface area contributed by atoms with Crippen molar-refractivity contribution < 1.29 is 0 Å². The number of thiol groups is 1. The molecule has 2 nitrogen and oxygen atoms in total. The fourth-order valence-electron chi connectivity index (χ4n) is 3.00. The quantitative estimate of drug-likeness (QED) is 0.545. The molecule has 0 bridgehead atoms. The number of rotatable bonds is 0. The molecule has 1 aliphatic carbocycles. The lowest BCUT2D eigenvalue weighted by molar-refractivity contribution is 0.339. The molecule has 1 aromatic heterocycles. The maximum atomic E-state index is 5.89. The molecule has 0 saturated heterocycles. The zero-order valence-electron chi connectivity index (χ0n) is 13.1. The van der Waals surface area contributed by atoms with Crippen molar-refractivity contribution in [3.63, 3.8) is 0 Å².